The van der Waals surface area contributed by atoms with Crippen LogP contribution in [0.2, 0.25) is 0 Å². The summed E-state index contributed by atoms with van der Waals surface area (Å²) >= 11 is 0. The van der Waals surface area contributed by atoms with E-state index in [9.17, 15) is 9.59 Å². The number of nitrogens with one attached hydrogen (secondary N) is 2. The summed E-state index contributed by atoms with van der Waals surface area (Å²) in [6.07, 6.45) is 0. The summed E-state index contributed by atoms with van der Waals surface area (Å²) in [6, 6.07) is 26.4. The van der Waals surface area contributed by atoms with Crippen LogP contribution in [0.1, 0.15) is 34.3 Å². The highest BCUT2D eigenvalue weighted by Crippen LogP contribution is 2.26. The topological polar surface area (TPSA) is 67.4 Å². The van der Waals surface area contributed by atoms with Gasteiger partial charge in [-0.3, -0.25) is 9.59 Å². The van der Waals surface area contributed by atoms with E-state index < -0.39 is 0 Å². The van der Waals surface area contributed by atoms with Crippen molar-refractivity contribution in [2.24, 2.45) is 0 Å². The Kier molecular flexibility index (Phi) is 6.41. The molecular formula is C28H26N2O3. The summed E-state index contributed by atoms with van der Waals surface area (Å²) in [7, 11) is 1.65. The van der Waals surface area contributed by atoms with Gasteiger partial charge >= 0.3 is 0 Å². The Labute approximate surface area is 193 Å². The van der Waals surface area contributed by atoms with Gasteiger partial charge in [-0.15, -0.1) is 0 Å². The highest BCUT2D eigenvalue weighted by atomic mass is 16.5. The third-order valence-corrected chi connectivity index (χ3v) is 5.76. The number of hydrogen-bond donors (Lipinski definition) is 2. The predicted molar refractivity (Wildman–Crippen MR) is 133 cm³/mol. The van der Waals surface area contributed by atoms with Gasteiger partial charge in [0.15, 0.2) is 0 Å². The molecule has 5 heteroatoms. The fourth-order valence-electron chi connectivity index (χ4n) is 3.70. The minimum atomic E-state index is -0.322. The lowest BCUT2D eigenvalue weighted by molar-refractivity contribution is -0.117. The SMILES string of the molecule is COc1ccc2cc([C@H](C)C(=O)Nc3ccc(NC(=O)c4ccccc4C)cc3)ccc2c1. The van der Waals surface area contributed by atoms with Crippen LogP contribution in [0, 0.1) is 6.92 Å². The van der Waals surface area contributed by atoms with Crippen LogP contribution in [-0.4, -0.2) is 18.9 Å². The molecule has 33 heavy (non-hydrogen) atoms. The summed E-state index contributed by atoms with van der Waals surface area (Å²) in [4.78, 5) is 25.3. The van der Waals surface area contributed by atoms with Crippen molar-refractivity contribution in [1.82, 2.24) is 0 Å². The molecule has 0 fully saturated rings. The van der Waals surface area contributed by atoms with Gasteiger partial charge in [0.2, 0.25) is 5.91 Å². The molecule has 0 saturated carbocycles. The Morgan fingerprint density at radius 3 is 2.12 bits per heavy atom. The fourth-order valence-corrected chi connectivity index (χ4v) is 3.70. The van der Waals surface area contributed by atoms with E-state index in [0.717, 1.165) is 27.6 Å². The van der Waals surface area contributed by atoms with Crippen LogP contribution in [0.3, 0.4) is 0 Å². The van der Waals surface area contributed by atoms with Gasteiger partial charge in [0.25, 0.3) is 5.91 Å². The van der Waals surface area contributed by atoms with E-state index in [2.05, 4.69) is 10.6 Å². The summed E-state index contributed by atoms with van der Waals surface area (Å²) in [6.45, 7) is 3.79. The van der Waals surface area contributed by atoms with Crippen LogP contribution in [0.4, 0.5) is 11.4 Å². The zero-order chi connectivity index (χ0) is 23.4. The first kappa shape index (κ1) is 22.1. The Hall–Kier alpha value is -4.12. The van der Waals surface area contributed by atoms with Crippen LogP contribution in [0.5, 0.6) is 5.75 Å². The molecule has 4 aromatic rings. The van der Waals surface area contributed by atoms with Gasteiger partial charge in [0, 0.05) is 16.9 Å². The molecule has 0 spiro atoms. The number of methoxy groups -OCH3 is 1. The van der Waals surface area contributed by atoms with Crippen LogP contribution in [0.25, 0.3) is 10.8 Å². The number of benzene rings is 4. The first-order chi connectivity index (χ1) is 15.9. The van der Waals surface area contributed by atoms with Gasteiger partial charge < -0.3 is 15.4 Å². The molecule has 0 saturated heterocycles. The molecule has 0 radical (unpaired) electrons. The molecule has 0 bridgehead atoms. The maximum atomic E-state index is 12.8. The van der Waals surface area contributed by atoms with Crippen molar-refractivity contribution < 1.29 is 14.3 Å². The lowest BCUT2D eigenvalue weighted by Crippen LogP contribution is -2.19. The Bertz CT molecular complexity index is 1310. The number of carbonyl (C=O) groups excluding carboxylic acids is 2. The molecule has 4 rings (SSSR count). The number of aryl methyl sites for hydroxylation is 1. The van der Waals surface area contributed by atoms with Gasteiger partial charge in [0.1, 0.15) is 5.75 Å². The molecular weight excluding hydrogens is 412 g/mol. The molecule has 0 aliphatic carbocycles. The summed E-state index contributed by atoms with van der Waals surface area (Å²) < 4.78 is 5.27. The minimum Gasteiger partial charge on any atom is -0.497 e. The number of anilines is 2. The zero-order valence-electron chi connectivity index (χ0n) is 18.9. The normalized spacial score (nSPS) is 11.6. The van der Waals surface area contributed by atoms with Crippen molar-refractivity contribution in [3.8, 4) is 5.75 Å². The predicted octanol–water partition coefficient (Wildman–Crippen LogP) is 6.15. The van der Waals surface area contributed by atoms with E-state index in [0.29, 0.717) is 16.9 Å². The molecule has 0 heterocycles. The minimum absolute atomic E-state index is 0.0976. The first-order valence-electron chi connectivity index (χ1n) is 10.8. The maximum absolute atomic E-state index is 12.8. The number of ether oxygens (including phenoxy) is 1. The molecule has 5 nitrogen and oxygen atoms in total. The summed E-state index contributed by atoms with van der Waals surface area (Å²) in [5.74, 6) is 0.225. The van der Waals surface area contributed by atoms with E-state index >= 15 is 0 Å². The van der Waals surface area contributed by atoms with Crippen molar-refractivity contribution in [1.29, 1.82) is 0 Å². The second kappa shape index (κ2) is 9.57. The molecule has 0 aromatic heterocycles. The van der Waals surface area contributed by atoms with E-state index in [-0.39, 0.29) is 17.7 Å². The average Bonchev–Trinajstić information content (AvgIpc) is 2.84. The van der Waals surface area contributed by atoms with E-state index in [1.807, 2.05) is 68.4 Å². The Balaban J connectivity index is 1.41. The van der Waals surface area contributed by atoms with Crippen molar-refractivity contribution in [3.63, 3.8) is 0 Å². The van der Waals surface area contributed by atoms with Gasteiger partial charge in [-0.1, -0.05) is 42.5 Å². The smallest absolute Gasteiger partial charge is 0.255 e. The third-order valence-electron chi connectivity index (χ3n) is 5.76. The second-order valence-electron chi connectivity index (χ2n) is 8.03. The molecule has 2 amide bonds. The standard InChI is InChI=1S/C28H26N2O3/c1-18-6-4-5-7-26(18)28(32)30-24-13-11-23(12-14-24)29-27(31)19(2)20-8-9-22-17-25(33-3)15-10-21(22)16-20/h4-17,19H,1-3H3,(H,29,31)(H,30,32)/t19-/m0/s1. The lowest BCUT2D eigenvalue weighted by Gasteiger charge is -2.14. The maximum Gasteiger partial charge on any atom is 0.255 e. The highest BCUT2D eigenvalue weighted by molar-refractivity contribution is 6.05. The number of carbonyl (C=O) groups is 2. The highest BCUT2D eigenvalue weighted by Gasteiger charge is 2.16. The van der Waals surface area contributed by atoms with Crippen LogP contribution in [0.15, 0.2) is 84.9 Å². The lowest BCUT2D eigenvalue weighted by atomic mass is 9.97. The number of hydrogen-bond acceptors (Lipinski definition) is 3. The monoisotopic (exact) mass is 438 g/mol. The molecule has 4 aromatic carbocycles. The molecule has 0 aliphatic rings. The summed E-state index contributed by atoms with van der Waals surface area (Å²) in [5, 5.41) is 7.97. The molecule has 0 aliphatic heterocycles. The van der Waals surface area contributed by atoms with E-state index in [4.69, 9.17) is 4.74 Å². The van der Waals surface area contributed by atoms with Gasteiger partial charge in [0.05, 0.1) is 13.0 Å². The summed E-state index contributed by atoms with van der Waals surface area (Å²) in [5.41, 5.74) is 3.83. The second-order valence-corrected chi connectivity index (χ2v) is 8.03. The average molecular weight is 439 g/mol. The van der Waals surface area contributed by atoms with Gasteiger partial charge in [-0.05, 0) is 78.2 Å². The van der Waals surface area contributed by atoms with Crippen molar-refractivity contribution >= 4 is 34.0 Å². The van der Waals surface area contributed by atoms with Crippen molar-refractivity contribution in [2.75, 3.05) is 17.7 Å². The van der Waals surface area contributed by atoms with Crippen LogP contribution >= 0.6 is 0 Å². The molecule has 166 valence electrons. The Morgan fingerprint density at radius 1 is 0.788 bits per heavy atom. The van der Waals surface area contributed by atoms with Crippen LogP contribution in [-0.2, 0) is 4.79 Å². The van der Waals surface area contributed by atoms with Crippen molar-refractivity contribution in [3.05, 3.63) is 102 Å². The van der Waals surface area contributed by atoms with E-state index in [1.165, 1.54) is 0 Å². The van der Waals surface area contributed by atoms with Gasteiger partial charge in [-0.25, -0.2) is 0 Å². The fraction of sp³-hybridized carbons (Fsp3) is 0.143. The number of fused-ring (bicyclic) bond motifs is 1. The Morgan fingerprint density at radius 2 is 1.42 bits per heavy atom. The molecule has 1 atom stereocenters. The van der Waals surface area contributed by atoms with Crippen LogP contribution < -0.4 is 15.4 Å². The van der Waals surface area contributed by atoms with E-state index in [1.54, 1.807) is 37.4 Å². The largest absolute Gasteiger partial charge is 0.497 e. The third kappa shape index (κ3) is 5.04. The number of rotatable bonds is 6. The first-order valence-corrected chi connectivity index (χ1v) is 10.8. The quantitative estimate of drug-likeness (QED) is 0.379. The molecule has 0 unspecified atom stereocenters. The van der Waals surface area contributed by atoms with Crippen molar-refractivity contribution in [2.45, 2.75) is 19.8 Å². The molecule has 2 N–H and O–H groups in total. The number of amides is 2. The van der Waals surface area contributed by atoms with Gasteiger partial charge in [-0.2, -0.15) is 0 Å². The zero-order valence-corrected chi connectivity index (χ0v) is 18.9.